The number of amides is 1. The molecule has 9 nitrogen and oxygen atoms in total. The van der Waals surface area contributed by atoms with Crippen molar-refractivity contribution in [3.63, 3.8) is 0 Å². The molecule has 11 heteroatoms. The van der Waals surface area contributed by atoms with Crippen LogP contribution in [0.15, 0.2) is 22.0 Å². The number of nitro benzene ring substituents is 1. The van der Waals surface area contributed by atoms with Gasteiger partial charge in [0, 0.05) is 6.07 Å². The summed E-state index contributed by atoms with van der Waals surface area (Å²) in [5, 5.41) is 10.3. The molecule has 0 aliphatic rings. The van der Waals surface area contributed by atoms with E-state index in [1.807, 2.05) is 0 Å². The maximum Gasteiger partial charge on any atom is 0.288 e. The van der Waals surface area contributed by atoms with Crippen molar-refractivity contribution in [1.82, 2.24) is 0 Å². The third-order valence-corrected chi connectivity index (χ3v) is 5.07. The Morgan fingerprint density at radius 2 is 1.83 bits per heavy atom. The molecule has 0 aliphatic heterocycles. The average molecular weight is 365 g/mol. The van der Waals surface area contributed by atoms with E-state index in [4.69, 9.17) is 11.5 Å². The van der Waals surface area contributed by atoms with Crippen LogP contribution in [0.4, 0.5) is 5.69 Å². The predicted octanol–water partition coefficient (Wildman–Crippen LogP) is 0.921. The van der Waals surface area contributed by atoms with Crippen LogP contribution in [0.25, 0.3) is 0 Å². The number of carbonyl (C=O) groups is 1. The van der Waals surface area contributed by atoms with Crippen molar-refractivity contribution in [2.45, 2.75) is 30.9 Å². The van der Waals surface area contributed by atoms with Gasteiger partial charge in [-0.3, -0.25) is 14.9 Å². The fraction of sp³-hybridized carbons (Fsp3) is 0.333. The molecule has 0 saturated heterocycles. The van der Waals surface area contributed by atoms with Gasteiger partial charge in [0.15, 0.2) is 15.8 Å². The molecule has 1 aromatic rings. The van der Waals surface area contributed by atoms with Crippen LogP contribution in [0, 0.1) is 17.0 Å². The summed E-state index contributed by atoms with van der Waals surface area (Å²) in [5.74, 6) is -1.37. The average Bonchev–Trinajstić information content (AvgIpc) is 2.36. The first kappa shape index (κ1) is 20.8. The van der Waals surface area contributed by atoms with Gasteiger partial charge in [0.1, 0.15) is 4.90 Å². The van der Waals surface area contributed by atoms with Crippen LogP contribution in [0.1, 0.15) is 29.8 Å². The highest BCUT2D eigenvalue weighted by Crippen LogP contribution is 2.30. The maximum atomic E-state index is 12.2. The number of guanidine groups is 1. The van der Waals surface area contributed by atoms with E-state index in [-0.39, 0.29) is 23.5 Å². The lowest BCUT2D eigenvalue weighted by Crippen LogP contribution is -2.24. The largest absolute Gasteiger partial charge is 0.370 e. The zero-order chi connectivity index (χ0) is 17.2. The number of carbonyl (C=O) groups excluding carboxylic acids is 1. The first-order valence-corrected chi connectivity index (χ1v) is 7.70. The van der Waals surface area contributed by atoms with Gasteiger partial charge < -0.3 is 11.5 Å². The van der Waals surface area contributed by atoms with Crippen LogP contribution in [-0.4, -0.2) is 30.5 Å². The van der Waals surface area contributed by atoms with Crippen molar-refractivity contribution in [3.05, 3.63) is 33.4 Å². The van der Waals surface area contributed by atoms with Gasteiger partial charge >= 0.3 is 0 Å². The second-order valence-corrected chi connectivity index (χ2v) is 7.30. The fourth-order valence-corrected chi connectivity index (χ4v) is 2.98. The van der Waals surface area contributed by atoms with Crippen molar-refractivity contribution in [2.24, 2.45) is 16.5 Å². The molecular formula is C12H17ClN4O5S. The van der Waals surface area contributed by atoms with E-state index in [1.165, 1.54) is 20.8 Å². The Kier molecular flexibility index (Phi) is 6.67. The highest BCUT2D eigenvalue weighted by molar-refractivity contribution is 7.92. The molecule has 128 valence electrons. The van der Waals surface area contributed by atoms with Gasteiger partial charge in [0.05, 0.1) is 15.7 Å². The van der Waals surface area contributed by atoms with Gasteiger partial charge in [-0.15, -0.1) is 12.4 Å². The van der Waals surface area contributed by atoms with E-state index in [0.717, 1.165) is 12.1 Å². The van der Waals surface area contributed by atoms with E-state index in [1.54, 1.807) is 0 Å². The van der Waals surface area contributed by atoms with Crippen molar-refractivity contribution >= 4 is 39.8 Å². The second-order valence-electron chi connectivity index (χ2n) is 4.83. The first-order chi connectivity index (χ1) is 9.98. The third kappa shape index (κ3) is 4.39. The van der Waals surface area contributed by atoms with Crippen LogP contribution < -0.4 is 11.5 Å². The number of sulfone groups is 1. The van der Waals surface area contributed by atoms with E-state index < -0.39 is 42.5 Å². The number of nitrogens with two attached hydrogens (primary N) is 2. The highest BCUT2D eigenvalue weighted by atomic mass is 35.5. The number of rotatable bonds is 4. The molecule has 0 unspecified atom stereocenters. The number of benzene rings is 1. The molecule has 0 bridgehead atoms. The van der Waals surface area contributed by atoms with Crippen LogP contribution >= 0.6 is 12.4 Å². The van der Waals surface area contributed by atoms with E-state index in [9.17, 15) is 23.3 Å². The molecular weight excluding hydrogens is 348 g/mol. The number of aryl methyl sites for hydroxylation is 1. The minimum Gasteiger partial charge on any atom is -0.370 e. The molecule has 1 amide bonds. The molecule has 0 aromatic heterocycles. The molecule has 0 saturated carbocycles. The van der Waals surface area contributed by atoms with Gasteiger partial charge in [-0.1, -0.05) is 0 Å². The van der Waals surface area contributed by atoms with Gasteiger partial charge in [0.25, 0.3) is 11.6 Å². The zero-order valence-corrected chi connectivity index (χ0v) is 14.3. The number of nitrogens with zero attached hydrogens (tertiary/aromatic N) is 2. The van der Waals surface area contributed by atoms with Crippen LogP contribution in [0.3, 0.4) is 0 Å². The Balaban J connectivity index is 0.00000484. The number of halogens is 1. The number of aliphatic imine (C=N–C) groups is 1. The van der Waals surface area contributed by atoms with Crippen molar-refractivity contribution in [3.8, 4) is 0 Å². The summed E-state index contributed by atoms with van der Waals surface area (Å²) in [4.78, 5) is 25.0. The first-order valence-electron chi connectivity index (χ1n) is 6.15. The fourth-order valence-electron chi connectivity index (χ4n) is 1.70. The van der Waals surface area contributed by atoms with Gasteiger partial charge in [-0.2, -0.15) is 4.99 Å². The Morgan fingerprint density at radius 1 is 1.30 bits per heavy atom. The van der Waals surface area contributed by atoms with Gasteiger partial charge in [-0.05, 0) is 32.4 Å². The Bertz CT molecular complexity index is 770. The topological polar surface area (TPSA) is 159 Å². The Labute approximate surface area is 139 Å². The molecule has 1 aromatic carbocycles. The molecule has 0 aliphatic carbocycles. The molecule has 0 heterocycles. The van der Waals surface area contributed by atoms with Crippen LogP contribution in [0.5, 0.6) is 0 Å². The van der Waals surface area contributed by atoms with E-state index in [2.05, 4.69) is 4.99 Å². The summed E-state index contributed by atoms with van der Waals surface area (Å²) < 4.78 is 24.4. The SMILES string of the molecule is Cc1cc(S(=O)(=O)C(C)C)c([N+](=O)[O-])cc1C(=O)N=C(N)N.Cl. The lowest BCUT2D eigenvalue weighted by atomic mass is 10.1. The molecule has 4 N–H and O–H groups in total. The smallest absolute Gasteiger partial charge is 0.288 e. The van der Waals surface area contributed by atoms with Crippen molar-refractivity contribution in [2.75, 3.05) is 0 Å². The van der Waals surface area contributed by atoms with Crippen LogP contribution in [-0.2, 0) is 9.84 Å². The van der Waals surface area contributed by atoms with E-state index >= 15 is 0 Å². The summed E-state index contributed by atoms with van der Waals surface area (Å²) in [7, 11) is -3.88. The van der Waals surface area contributed by atoms with Crippen LogP contribution in [0.2, 0.25) is 0 Å². The summed E-state index contributed by atoms with van der Waals surface area (Å²) in [6.45, 7) is 4.26. The molecule has 23 heavy (non-hydrogen) atoms. The van der Waals surface area contributed by atoms with Crippen molar-refractivity contribution < 1.29 is 18.1 Å². The minimum atomic E-state index is -3.88. The summed E-state index contributed by atoms with van der Waals surface area (Å²) in [6, 6.07) is 1.96. The second kappa shape index (κ2) is 7.38. The Hall–Kier alpha value is -2.20. The number of hydrogen-bond donors (Lipinski definition) is 2. The normalized spacial score (nSPS) is 10.8. The molecule has 0 fully saturated rings. The minimum absolute atomic E-state index is 0. The number of hydrogen-bond acceptors (Lipinski definition) is 5. The Morgan fingerprint density at radius 3 is 2.22 bits per heavy atom. The third-order valence-electron chi connectivity index (χ3n) is 2.89. The van der Waals surface area contributed by atoms with Gasteiger partial charge in [-0.25, -0.2) is 8.42 Å². The van der Waals surface area contributed by atoms with E-state index in [0.29, 0.717) is 0 Å². The molecule has 0 spiro atoms. The standard InChI is InChI=1S/C12H16N4O5S.ClH/c1-6(2)22(20,21)10-4-7(3)8(5-9(10)16(18)19)11(17)15-12(13)14;/h4-6H,1-3H3,(H4,13,14,15,17);1H. The molecule has 0 radical (unpaired) electrons. The monoisotopic (exact) mass is 364 g/mol. The lowest BCUT2D eigenvalue weighted by molar-refractivity contribution is -0.387. The molecule has 0 atom stereocenters. The predicted molar refractivity (Wildman–Crippen MR) is 87.5 cm³/mol. The summed E-state index contributed by atoms with van der Waals surface area (Å²) in [5.41, 5.74) is 9.59. The highest BCUT2D eigenvalue weighted by Gasteiger charge is 2.30. The summed E-state index contributed by atoms with van der Waals surface area (Å²) >= 11 is 0. The summed E-state index contributed by atoms with van der Waals surface area (Å²) in [6.07, 6.45) is 0. The lowest BCUT2D eigenvalue weighted by Gasteiger charge is -2.11. The quantitative estimate of drug-likeness (QED) is 0.347. The molecule has 1 rings (SSSR count). The zero-order valence-electron chi connectivity index (χ0n) is 12.6. The number of nitro groups is 1. The van der Waals surface area contributed by atoms with Gasteiger partial charge in [0.2, 0.25) is 0 Å². The maximum absolute atomic E-state index is 12.2. The van der Waals surface area contributed by atoms with Crippen molar-refractivity contribution in [1.29, 1.82) is 0 Å².